The number of nitrogens with zero attached hydrogens (tertiary/aromatic N) is 3. The fourth-order valence-electron chi connectivity index (χ4n) is 3.30. The van der Waals surface area contributed by atoms with Crippen molar-refractivity contribution < 1.29 is 18.0 Å². The van der Waals surface area contributed by atoms with Crippen LogP contribution in [0.15, 0.2) is 47.3 Å². The van der Waals surface area contributed by atoms with Crippen molar-refractivity contribution in [3.05, 3.63) is 63.4 Å². The van der Waals surface area contributed by atoms with E-state index in [2.05, 4.69) is 30.5 Å². The molecule has 33 heavy (non-hydrogen) atoms. The normalized spacial score (nSPS) is 11.8. The highest BCUT2D eigenvalue weighted by atomic mass is 32.1. The molecule has 0 bridgehead atoms. The van der Waals surface area contributed by atoms with Crippen LogP contribution in [-0.2, 0) is 6.18 Å². The number of rotatable bonds is 3. The molecule has 0 unspecified atom stereocenters. The summed E-state index contributed by atoms with van der Waals surface area (Å²) in [4.78, 5) is 35.3. The van der Waals surface area contributed by atoms with Gasteiger partial charge < -0.3 is 15.7 Å². The van der Waals surface area contributed by atoms with Crippen LogP contribution in [0.4, 0.5) is 24.0 Å². The third kappa shape index (κ3) is 3.67. The van der Waals surface area contributed by atoms with Gasteiger partial charge in [-0.25, -0.2) is 4.98 Å². The van der Waals surface area contributed by atoms with E-state index in [0.717, 1.165) is 0 Å². The molecule has 5 aromatic rings. The van der Waals surface area contributed by atoms with E-state index >= 15 is 0 Å². The topological polar surface area (TPSA) is 142 Å². The van der Waals surface area contributed by atoms with E-state index in [0.29, 0.717) is 21.9 Å². The molecule has 0 aliphatic rings. The Labute approximate surface area is 185 Å². The van der Waals surface area contributed by atoms with Crippen molar-refractivity contribution in [3.63, 3.8) is 0 Å². The lowest BCUT2D eigenvalue weighted by molar-refractivity contribution is -0.138. The SMILES string of the molecule is Nc1c(-c2nc3ccccc3[nH]c2=O)[nH]c2ccc(C(=O)Nc3nnc(C(F)(F)F)s3)cc12. The van der Waals surface area contributed by atoms with Gasteiger partial charge in [-0.3, -0.25) is 14.9 Å². The summed E-state index contributed by atoms with van der Waals surface area (Å²) in [6.07, 6.45) is -4.65. The number of hydrogen-bond donors (Lipinski definition) is 4. The average molecular weight is 471 g/mol. The van der Waals surface area contributed by atoms with Crippen LogP contribution < -0.4 is 16.6 Å². The van der Waals surface area contributed by atoms with Gasteiger partial charge in [-0.1, -0.05) is 23.5 Å². The van der Waals surface area contributed by atoms with Crippen molar-refractivity contribution in [2.24, 2.45) is 0 Å². The minimum Gasteiger partial charge on any atom is -0.396 e. The number of carbonyl (C=O) groups excluding carboxylic acids is 1. The van der Waals surface area contributed by atoms with Crippen LogP contribution in [-0.4, -0.2) is 31.1 Å². The monoisotopic (exact) mass is 471 g/mol. The highest BCUT2D eigenvalue weighted by Crippen LogP contribution is 2.34. The molecule has 13 heteroatoms. The van der Waals surface area contributed by atoms with Crippen LogP contribution in [0.25, 0.3) is 33.3 Å². The van der Waals surface area contributed by atoms with Crippen LogP contribution in [0.2, 0.25) is 0 Å². The molecule has 2 aromatic carbocycles. The number of nitrogens with two attached hydrogens (primary N) is 1. The zero-order valence-electron chi connectivity index (χ0n) is 16.3. The van der Waals surface area contributed by atoms with Gasteiger partial charge in [0, 0.05) is 16.5 Å². The van der Waals surface area contributed by atoms with Crippen LogP contribution in [0.5, 0.6) is 0 Å². The molecule has 0 fully saturated rings. The Kier molecular flexibility index (Phi) is 4.63. The summed E-state index contributed by atoms with van der Waals surface area (Å²) >= 11 is 0.217. The molecule has 0 saturated heterocycles. The number of amides is 1. The molecule has 0 spiro atoms. The fraction of sp³-hybridized carbons (Fsp3) is 0.0500. The number of nitrogens with one attached hydrogen (secondary N) is 3. The number of carbonyl (C=O) groups is 1. The molecule has 5 rings (SSSR count). The number of alkyl halides is 3. The first kappa shape index (κ1) is 20.6. The highest BCUT2D eigenvalue weighted by molar-refractivity contribution is 7.15. The van der Waals surface area contributed by atoms with Gasteiger partial charge in [0.25, 0.3) is 11.5 Å². The molecule has 0 saturated carbocycles. The largest absolute Gasteiger partial charge is 0.445 e. The van der Waals surface area contributed by atoms with Crippen molar-refractivity contribution in [2.75, 3.05) is 11.1 Å². The molecule has 9 nitrogen and oxygen atoms in total. The van der Waals surface area contributed by atoms with E-state index in [1.807, 2.05) is 0 Å². The minimum atomic E-state index is -4.65. The molecule has 0 aliphatic carbocycles. The summed E-state index contributed by atoms with van der Waals surface area (Å²) in [6.45, 7) is 0. The van der Waals surface area contributed by atoms with E-state index in [1.54, 1.807) is 30.3 Å². The summed E-state index contributed by atoms with van der Waals surface area (Å²) in [6, 6.07) is 11.5. The van der Waals surface area contributed by atoms with Crippen molar-refractivity contribution in [3.8, 4) is 11.4 Å². The summed E-state index contributed by atoms with van der Waals surface area (Å²) in [5.41, 5.74) is 8.20. The summed E-state index contributed by atoms with van der Waals surface area (Å²) in [5, 5.41) is 7.65. The summed E-state index contributed by atoms with van der Waals surface area (Å²) < 4.78 is 38.1. The number of H-pyrrole nitrogens is 2. The fourth-order valence-corrected chi connectivity index (χ4v) is 3.90. The van der Waals surface area contributed by atoms with Gasteiger partial charge in [0.15, 0.2) is 5.69 Å². The van der Waals surface area contributed by atoms with E-state index in [9.17, 15) is 22.8 Å². The Morgan fingerprint density at radius 1 is 1.06 bits per heavy atom. The predicted octanol–water partition coefficient (Wildman–Crippen LogP) is 3.78. The maximum atomic E-state index is 12.7. The van der Waals surface area contributed by atoms with Crippen molar-refractivity contribution in [2.45, 2.75) is 6.18 Å². The third-order valence-corrected chi connectivity index (χ3v) is 5.71. The molecule has 166 valence electrons. The van der Waals surface area contributed by atoms with E-state index in [4.69, 9.17) is 5.73 Å². The molecule has 0 atom stereocenters. The average Bonchev–Trinajstić information content (AvgIpc) is 3.38. The second-order valence-corrected chi connectivity index (χ2v) is 7.95. The van der Waals surface area contributed by atoms with Crippen molar-refractivity contribution in [1.29, 1.82) is 0 Å². The Bertz CT molecular complexity index is 1600. The lowest BCUT2D eigenvalue weighted by Crippen LogP contribution is -2.12. The predicted molar refractivity (Wildman–Crippen MR) is 117 cm³/mol. The Morgan fingerprint density at radius 2 is 1.85 bits per heavy atom. The minimum absolute atomic E-state index is 0.0851. The summed E-state index contributed by atoms with van der Waals surface area (Å²) in [5.74, 6) is -0.689. The van der Waals surface area contributed by atoms with Gasteiger partial charge in [0.2, 0.25) is 10.1 Å². The zero-order valence-corrected chi connectivity index (χ0v) is 17.1. The van der Waals surface area contributed by atoms with Gasteiger partial charge >= 0.3 is 6.18 Å². The molecule has 5 N–H and O–H groups in total. The van der Waals surface area contributed by atoms with Crippen molar-refractivity contribution in [1.82, 2.24) is 25.1 Å². The number of para-hydroxylation sites is 2. The van der Waals surface area contributed by atoms with Crippen molar-refractivity contribution >= 4 is 50.0 Å². The van der Waals surface area contributed by atoms with E-state index in [-0.39, 0.29) is 39.1 Å². The first-order valence-electron chi connectivity index (χ1n) is 9.33. The molecular formula is C20H12F3N7O2S. The van der Waals surface area contributed by atoms with Gasteiger partial charge in [-0.15, -0.1) is 10.2 Å². The van der Waals surface area contributed by atoms with E-state index in [1.165, 1.54) is 12.1 Å². The number of nitrogen functional groups attached to an aromatic ring is 1. The van der Waals surface area contributed by atoms with Crippen LogP contribution in [0.3, 0.4) is 0 Å². The number of halogens is 3. The molecular weight excluding hydrogens is 459 g/mol. The lowest BCUT2D eigenvalue weighted by atomic mass is 10.1. The molecule has 1 amide bonds. The molecule has 0 aliphatic heterocycles. The third-order valence-electron chi connectivity index (χ3n) is 4.83. The molecule has 0 radical (unpaired) electrons. The molecule has 3 aromatic heterocycles. The van der Waals surface area contributed by atoms with Crippen LogP contribution in [0, 0.1) is 0 Å². The first-order valence-corrected chi connectivity index (χ1v) is 10.1. The number of anilines is 2. The first-order chi connectivity index (χ1) is 15.7. The van der Waals surface area contributed by atoms with Crippen LogP contribution >= 0.6 is 11.3 Å². The summed E-state index contributed by atoms with van der Waals surface area (Å²) in [7, 11) is 0. The lowest BCUT2D eigenvalue weighted by Gasteiger charge is -2.03. The number of hydrogen-bond acceptors (Lipinski definition) is 7. The van der Waals surface area contributed by atoms with E-state index < -0.39 is 22.7 Å². The Morgan fingerprint density at radius 3 is 2.61 bits per heavy atom. The van der Waals surface area contributed by atoms with Gasteiger partial charge in [-0.2, -0.15) is 13.2 Å². The maximum absolute atomic E-state index is 12.7. The second-order valence-electron chi connectivity index (χ2n) is 6.97. The molecule has 3 heterocycles. The highest BCUT2D eigenvalue weighted by Gasteiger charge is 2.35. The Balaban J connectivity index is 1.50. The number of aromatic nitrogens is 5. The standard InChI is InChI=1S/C20H12F3N7O2S/c21-20(22,23)18-29-30-19(33-18)28-16(31)8-5-6-10-9(7-8)13(24)14(25-10)15-17(32)27-12-4-2-1-3-11(12)26-15/h1-7,25H,24H2,(H,27,32)(H,28,30,31). The van der Waals surface area contributed by atoms with Gasteiger partial charge in [0.1, 0.15) is 0 Å². The smallest absolute Gasteiger partial charge is 0.396 e. The number of aromatic amines is 2. The number of fused-ring (bicyclic) bond motifs is 2. The second kappa shape index (κ2) is 7.41. The van der Waals surface area contributed by atoms with Gasteiger partial charge in [-0.05, 0) is 30.3 Å². The Hall–Kier alpha value is -4.26. The zero-order chi connectivity index (χ0) is 23.3. The maximum Gasteiger partial charge on any atom is 0.445 e. The quantitative estimate of drug-likeness (QED) is 0.315. The number of benzene rings is 2. The van der Waals surface area contributed by atoms with Crippen LogP contribution in [0.1, 0.15) is 15.4 Å². The van der Waals surface area contributed by atoms with Gasteiger partial charge in [0.05, 0.1) is 22.4 Å².